The van der Waals surface area contributed by atoms with E-state index in [9.17, 15) is 19.8 Å². The molecule has 4 atom stereocenters. The van der Waals surface area contributed by atoms with Crippen molar-refractivity contribution in [2.75, 3.05) is 6.61 Å². The fourth-order valence-electron chi connectivity index (χ4n) is 2.08. The number of hydrogen-bond donors (Lipinski definition) is 3. The van der Waals surface area contributed by atoms with Crippen LogP contribution in [0.2, 0.25) is 0 Å². The van der Waals surface area contributed by atoms with Gasteiger partial charge in [-0.1, -0.05) is 0 Å². The van der Waals surface area contributed by atoms with Gasteiger partial charge in [0.15, 0.2) is 6.23 Å². The predicted molar refractivity (Wildman–Crippen MR) is 72.9 cm³/mol. The zero-order valence-corrected chi connectivity index (χ0v) is 14.2. The molecule has 2 unspecified atom stereocenters. The molecule has 20 heavy (non-hydrogen) atoms. The van der Waals surface area contributed by atoms with Gasteiger partial charge in [0.2, 0.25) is 5.56 Å². The van der Waals surface area contributed by atoms with E-state index in [4.69, 9.17) is 14.0 Å². The first-order valence-electron chi connectivity index (χ1n) is 5.94. The fraction of sp³-hybridized carbons (Fsp3) is 0.556. The molecule has 0 aromatic carbocycles. The molecule has 0 spiro atoms. The van der Waals surface area contributed by atoms with Gasteiger partial charge in [0.1, 0.15) is 28.8 Å². The first-order chi connectivity index (χ1) is 9.51. The van der Waals surface area contributed by atoms with E-state index < -0.39 is 52.3 Å². The SMILES string of the molecule is O=c1ccn([C@H]2O[C@@H](CO)C(O)C2O)c(=O)n1[SiH2]O[SiH3]. The third kappa shape index (κ3) is 2.56. The third-order valence-corrected chi connectivity index (χ3v) is 5.02. The third-order valence-electron chi connectivity index (χ3n) is 3.15. The maximum Gasteiger partial charge on any atom is 0.326 e. The van der Waals surface area contributed by atoms with Crippen LogP contribution in [0.1, 0.15) is 6.23 Å². The number of aliphatic hydroxyl groups excluding tert-OH is 3. The lowest BCUT2D eigenvalue weighted by molar-refractivity contribution is -0.0552. The Balaban J connectivity index is 2.42. The van der Waals surface area contributed by atoms with Gasteiger partial charge < -0.3 is 24.2 Å². The van der Waals surface area contributed by atoms with E-state index in [-0.39, 0.29) is 0 Å². The maximum atomic E-state index is 12.2. The molecule has 1 saturated heterocycles. The van der Waals surface area contributed by atoms with E-state index >= 15 is 0 Å². The van der Waals surface area contributed by atoms with E-state index in [1.54, 1.807) is 0 Å². The van der Waals surface area contributed by atoms with Gasteiger partial charge >= 0.3 is 5.69 Å². The minimum absolute atomic E-state index is 0.417. The number of aliphatic hydroxyl groups is 3. The van der Waals surface area contributed by atoms with Gasteiger partial charge in [-0.2, -0.15) is 0 Å². The molecule has 0 aliphatic carbocycles. The van der Waals surface area contributed by atoms with Crippen LogP contribution in [0.3, 0.4) is 0 Å². The summed E-state index contributed by atoms with van der Waals surface area (Å²) in [6, 6.07) is 1.17. The highest BCUT2D eigenvalue weighted by molar-refractivity contribution is 6.32. The molecule has 0 bridgehead atoms. The van der Waals surface area contributed by atoms with E-state index in [0.29, 0.717) is 10.5 Å². The second kappa shape index (κ2) is 6.13. The Morgan fingerprint density at radius 2 is 2.10 bits per heavy atom. The highest BCUT2D eigenvalue weighted by Crippen LogP contribution is 2.27. The maximum absolute atomic E-state index is 12.2. The van der Waals surface area contributed by atoms with Crippen molar-refractivity contribution in [3.63, 3.8) is 0 Å². The molecule has 1 aliphatic rings. The molecule has 0 amide bonds. The largest absolute Gasteiger partial charge is 0.453 e. The van der Waals surface area contributed by atoms with Gasteiger partial charge in [-0.15, -0.1) is 0 Å². The molecule has 2 heterocycles. The molecule has 1 fully saturated rings. The van der Waals surface area contributed by atoms with Crippen LogP contribution in [0.25, 0.3) is 0 Å². The second-order valence-corrected chi connectivity index (χ2v) is 7.62. The monoisotopic (exact) mass is 320 g/mol. The summed E-state index contributed by atoms with van der Waals surface area (Å²) in [6.07, 6.45) is -3.60. The Kier molecular flexibility index (Phi) is 4.69. The van der Waals surface area contributed by atoms with Crippen LogP contribution in [0, 0.1) is 0 Å². The van der Waals surface area contributed by atoms with E-state index in [1.807, 2.05) is 0 Å². The molecule has 0 radical (unpaired) electrons. The molecule has 1 aromatic rings. The Labute approximate surface area is 118 Å². The Morgan fingerprint density at radius 3 is 2.65 bits per heavy atom. The second-order valence-electron chi connectivity index (χ2n) is 4.42. The molecule has 1 aliphatic heterocycles. The number of hydrogen-bond acceptors (Lipinski definition) is 7. The molecule has 0 saturated carbocycles. The lowest BCUT2D eigenvalue weighted by Crippen LogP contribution is -2.45. The van der Waals surface area contributed by atoms with Crippen LogP contribution < -0.4 is 11.2 Å². The van der Waals surface area contributed by atoms with Crippen LogP contribution in [0.5, 0.6) is 0 Å². The average molecular weight is 320 g/mol. The van der Waals surface area contributed by atoms with Gasteiger partial charge in [0.25, 0.3) is 9.92 Å². The standard InChI is InChI=1S/C9H16N2O7Si2/c12-3-4-6(14)7(15)8(17-4)10-2-1-5(13)11(9(10)16)20-18-19/h1-2,4,6-8,12,14-15H,3,20H2,19H3/t4-,6?,7?,8-/m0/s1. The van der Waals surface area contributed by atoms with Crippen molar-refractivity contribution in [3.05, 3.63) is 33.1 Å². The van der Waals surface area contributed by atoms with Crippen LogP contribution in [0.15, 0.2) is 21.9 Å². The minimum atomic E-state index is -1.47. The lowest BCUT2D eigenvalue weighted by Gasteiger charge is -2.18. The molecule has 1 aromatic heterocycles. The van der Waals surface area contributed by atoms with Crippen molar-refractivity contribution in [1.29, 1.82) is 0 Å². The van der Waals surface area contributed by atoms with E-state index in [2.05, 4.69) is 0 Å². The number of aromatic nitrogens is 2. The summed E-state index contributed by atoms with van der Waals surface area (Å²) in [5, 5.41) is 28.6. The summed E-state index contributed by atoms with van der Waals surface area (Å²) < 4.78 is 12.3. The van der Waals surface area contributed by atoms with Crippen LogP contribution in [0.4, 0.5) is 0 Å². The summed E-state index contributed by atoms with van der Waals surface area (Å²) in [6.45, 7) is -0.485. The van der Waals surface area contributed by atoms with Crippen LogP contribution in [-0.4, -0.2) is 69.4 Å². The van der Waals surface area contributed by atoms with E-state index in [1.165, 1.54) is 12.3 Å². The molecule has 9 nitrogen and oxygen atoms in total. The van der Waals surface area contributed by atoms with Crippen LogP contribution in [-0.2, 0) is 8.85 Å². The summed E-state index contributed by atoms with van der Waals surface area (Å²) in [7, 11) is -1.05. The number of ether oxygens (including phenoxy) is 1. The van der Waals surface area contributed by atoms with E-state index in [0.717, 1.165) is 8.80 Å². The zero-order chi connectivity index (χ0) is 14.9. The molecule has 11 heteroatoms. The van der Waals surface area contributed by atoms with Crippen molar-refractivity contribution < 1.29 is 24.2 Å². The summed E-state index contributed by atoms with van der Waals surface area (Å²) in [4.78, 5) is 23.8. The quantitative estimate of drug-likeness (QED) is 0.474. The molecular formula is C9H16N2O7Si2. The Hall–Kier alpha value is -1.09. The molecule has 2 rings (SSSR count). The molecule has 3 N–H and O–H groups in total. The average Bonchev–Trinajstić information content (AvgIpc) is 2.71. The predicted octanol–water partition coefficient (Wildman–Crippen LogP) is -5.23. The molecular weight excluding hydrogens is 304 g/mol. The summed E-state index contributed by atoms with van der Waals surface area (Å²) in [5.74, 6) is 0. The fourth-order valence-corrected chi connectivity index (χ4v) is 3.62. The van der Waals surface area contributed by atoms with Crippen molar-refractivity contribution >= 4 is 20.4 Å². The number of rotatable bonds is 4. The first kappa shape index (κ1) is 15.3. The number of nitrogens with zero attached hydrogens (tertiary/aromatic N) is 2. The van der Waals surface area contributed by atoms with Gasteiger partial charge in [-0.25, -0.2) is 4.79 Å². The van der Waals surface area contributed by atoms with Crippen molar-refractivity contribution in [3.8, 4) is 0 Å². The van der Waals surface area contributed by atoms with Gasteiger partial charge in [0, 0.05) is 12.3 Å². The van der Waals surface area contributed by atoms with Crippen molar-refractivity contribution in [1.82, 2.24) is 8.80 Å². The summed E-state index contributed by atoms with van der Waals surface area (Å²) in [5.41, 5.74) is -1.13. The van der Waals surface area contributed by atoms with Crippen LogP contribution >= 0.6 is 0 Å². The first-order valence-corrected chi connectivity index (χ1v) is 7.97. The molecule has 112 valence electrons. The minimum Gasteiger partial charge on any atom is -0.453 e. The van der Waals surface area contributed by atoms with Gasteiger partial charge in [-0.3, -0.25) is 13.6 Å². The summed E-state index contributed by atoms with van der Waals surface area (Å²) >= 11 is 0. The Morgan fingerprint density at radius 1 is 1.40 bits per heavy atom. The smallest absolute Gasteiger partial charge is 0.326 e. The Bertz CT molecular complexity index is 588. The lowest BCUT2D eigenvalue weighted by atomic mass is 10.1. The highest BCUT2D eigenvalue weighted by atomic mass is 28.3. The highest BCUT2D eigenvalue weighted by Gasteiger charge is 2.43. The van der Waals surface area contributed by atoms with Crippen molar-refractivity contribution in [2.24, 2.45) is 0 Å². The zero-order valence-electron chi connectivity index (χ0n) is 10.7. The van der Waals surface area contributed by atoms with Gasteiger partial charge in [-0.05, 0) is 0 Å². The van der Waals surface area contributed by atoms with Gasteiger partial charge in [0.05, 0.1) is 6.61 Å². The topological polar surface area (TPSA) is 123 Å². The van der Waals surface area contributed by atoms with Crippen molar-refractivity contribution in [2.45, 2.75) is 24.5 Å². The normalized spacial score (nSPS) is 30.6.